The minimum absolute atomic E-state index is 0.269. The fourth-order valence-corrected chi connectivity index (χ4v) is 3.93. The summed E-state index contributed by atoms with van der Waals surface area (Å²) in [6.07, 6.45) is 1.47. The maximum Gasteiger partial charge on any atom is 0.251 e. The fraction of sp³-hybridized carbons (Fsp3) is 0.167. The van der Waals surface area contributed by atoms with Crippen molar-refractivity contribution in [3.8, 4) is 17.0 Å². The Morgan fingerprint density at radius 1 is 1.24 bits per heavy atom. The van der Waals surface area contributed by atoms with Crippen molar-refractivity contribution in [1.82, 2.24) is 19.9 Å². The summed E-state index contributed by atoms with van der Waals surface area (Å²) in [7, 11) is 0. The predicted molar refractivity (Wildman–Crippen MR) is 127 cm³/mol. The highest BCUT2D eigenvalue weighted by molar-refractivity contribution is 7.71. The van der Waals surface area contributed by atoms with Gasteiger partial charge in [-0.25, -0.2) is 14.2 Å². The first-order valence-electron chi connectivity index (χ1n) is 10.3. The minimum atomic E-state index is -0.404. The van der Waals surface area contributed by atoms with E-state index in [1.54, 1.807) is 0 Å². The number of rotatable bonds is 7. The smallest absolute Gasteiger partial charge is 0.251 e. The first-order chi connectivity index (χ1) is 16.0. The van der Waals surface area contributed by atoms with E-state index in [0.717, 1.165) is 11.3 Å². The molecule has 2 aromatic heterocycles. The molecule has 0 aliphatic carbocycles. The van der Waals surface area contributed by atoms with Crippen molar-refractivity contribution >= 4 is 34.8 Å². The summed E-state index contributed by atoms with van der Waals surface area (Å²) in [5.74, 6) is 0.0125. The number of carbonyl (C=O) groups is 1. The molecule has 166 valence electrons. The van der Waals surface area contributed by atoms with Crippen LogP contribution in [0, 0.1) is 17.0 Å². The van der Waals surface area contributed by atoms with Gasteiger partial charge in [0, 0.05) is 18.7 Å². The normalized spacial score (nSPS) is 10.7. The molecular weight excluding hydrogens is 441 g/mol. The molecule has 4 rings (SSSR count). The van der Waals surface area contributed by atoms with Crippen LogP contribution < -0.4 is 10.1 Å². The molecule has 0 fully saturated rings. The molecule has 0 spiro atoms. The number of nitrogens with one attached hydrogen (secondary N) is 2. The van der Waals surface area contributed by atoms with Gasteiger partial charge >= 0.3 is 0 Å². The first-order valence-corrected chi connectivity index (χ1v) is 10.7. The number of ether oxygens (including phenoxy) is 1. The van der Waals surface area contributed by atoms with E-state index in [1.807, 2.05) is 35.8 Å². The molecule has 4 aromatic rings. The molecule has 0 atom stereocenters. The van der Waals surface area contributed by atoms with E-state index in [4.69, 9.17) is 23.5 Å². The maximum atomic E-state index is 13.1. The van der Waals surface area contributed by atoms with Crippen LogP contribution in [-0.2, 0) is 6.54 Å². The summed E-state index contributed by atoms with van der Waals surface area (Å²) in [6.45, 7) is 10.9. The van der Waals surface area contributed by atoms with Crippen LogP contribution in [0.4, 0.5) is 10.1 Å². The lowest BCUT2D eigenvalue weighted by atomic mass is 10.1. The second-order valence-electron chi connectivity index (χ2n) is 7.11. The van der Waals surface area contributed by atoms with Crippen LogP contribution >= 0.6 is 12.2 Å². The summed E-state index contributed by atoms with van der Waals surface area (Å²) < 4.78 is 20.9. The molecule has 0 aliphatic rings. The second-order valence-corrected chi connectivity index (χ2v) is 7.50. The Balaban J connectivity index is 1.71. The molecule has 2 aromatic carbocycles. The van der Waals surface area contributed by atoms with Gasteiger partial charge in [-0.1, -0.05) is 24.4 Å². The highest BCUT2D eigenvalue weighted by Gasteiger charge is 2.21. The van der Waals surface area contributed by atoms with Gasteiger partial charge in [-0.2, -0.15) is 0 Å². The molecule has 2 heterocycles. The number of amides is 1. The molecule has 2 N–H and O–H groups in total. The second kappa shape index (κ2) is 9.63. The van der Waals surface area contributed by atoms with Crippen molar-refractivity contribution in [2.75, 3.05) is 13.2 Å². The van der Waals surface area contributed by atoms with Crippen molar-refractivity contribution in [2.24, 2.45) is 0 Å². The third kappa shape index (κ3) is 4.47. The van der Waals surface area contributed by atoms with Crippen LogP contribution in [0.15, 0.2) is 54.9 Å². The molecule has 0 saturated heterocycles. The van der Waals surface area contributed by atoms with Crippen LogP contribution in [0.5, 0.6) is 5.75 Å². The quantitative estimate of drug-likeness (QED) is 0.290. The van der Waals surface area contributed by atoms with Crippen LogP contribution in [-0.4, -0.2) is 33.6 Å². The Labute approximate surface area is 194 Å². The van der Waals surface area contributed by atoms with E-state index in [0.29, 0.717) is 45.8 Å². The monoisotopic (exact) mass is 461 g/mol. The number of aromatic amines is 1. The Bertz CT molecular complexity index is 1400. The van der Waals surface area contributed by atoms with Gasteiger partial charge < -0.3 is 19.6 Å². The van der Waals surface area contributed by atoms with Gasteiger partial charge in [-0.3, -0.25) is 4.79 Å². The number of aromatic nitrogens is 3. The highest BCUT2D eigenvalue weighted by atomic mass is 32.1. The molecule has 0 bridgehead atoms. The van der Waals surface area contributed by atoms with Gasteiger partial charge in [0.1, 0.15) is 11.6 Å². The van der Waals surface area contributed by atoms with Gasteiger partial charge in [-0.05, 0) is 48.9 Å². The summed E-state index contributed by atoms with van der Waals surface area (Å²) in [6, 6.07) is 12.8. The molecule has 33 heavy (non-hydrogen) atoms. The number of hydrogen-bond donors (Lipinski definition) is 2. The lowest BCUT2D eigenvalue weighted by Gasteiger charge is -2.13. The zero-order valence-electron chi connectivity index (χ0n) is 17.8. The van der Waals surface area contributed by atoms with Crippen LogP contribution in [0.2, 0.25) is 0 Å². The molecule has 9 heteroatoms. The first kappa shape index (κ1) is 22.2. The van der Waals surface area contributed by atoms with Crippen molar-refractivity contribution in [3.05, 3.63) is 82.3 Å². The Kier molecular flexibility index (Phi) is 6.47. The molecule has 0 saturated carbocycles. The predicted octanol–water partition coefficient (Wildman–Crippen LogP) is 5.28. The summed E-state index contributed by atoms with van der Waals surface area (Å²) >= 11 is 5.46. The topological polar surface area (TPSA) is 76.3 Å². The lowest BCUT2D eigenvalue weighted by molar-refractivity contribution is 0.0952. The van der Waals surface area contributed by atoms with E-state index in [2.05, 4.69) is 20.1 Å². The average molecular weight is 462 g/mol. The number of halogens is 1. The van der Waals surface area contributed by atoms with Gasteiger partial charge in [0.2, 0.25) is 5.69 Å². The molecule has 0 radical (unpaired) electrons. The minimum Gasteiger partial charge on any atom is -0.494 e. The fourth-order valence-electron chi connectivity index (χ4n) is 3.67. The third-order valence-corrected chi connectivity index (χ3v) is 5.41. The summed E-state index contributed by atoms with van der Waals surface area (Å²) in [5, 5.41) is 2.84. The number of nitrogens with zero attached hydrogens (tertiary/aromatic N) is 3. The molecule has 1 amide bonds. The van der Waals surface area contributed by atoms with E-state index >= 15 is 0 Å². The SMILES string of the molecule is [C-]#[N+]c1c(-c2ccc(OCC)cc2)n(CCNC(=O)c2ccc(F)cc2)c2c(=S)nc[nH]c12. The van der Waals surface area contributed by atoms with Crippen LogP contribution in [0.1, 0.15) is 17.3 Å². The zero-order valence-corrected chi connectivity index (χ0v) is 18.6. The standard InChI is InChI=1S/C24H20FN5O2S/c1-3-32-18-10-6-15(7-11-18)21-19(26-2)20-22(24(33)29-14-28-20)30(21)13-12-27-23(31)16-4-8-17(25)9-5-16/h4-11,14H,3,12-13H2,1H3,(H,27,31)(H,28,29,33). The molecular formula is C24H20FN5O2S. The molecule has 0 aliphatic heterocycles. The number of hydrogen-bond acceptors (Lipinski definition) is 4. The number of benzene rings is 2. The zero-order chi connectivity index (χ0) is 23.4. The summed E-state index contributed by atoms with van der Waals surface area (Å²) in [5.41, 5.74) is 3.49. The van der Waals surface area contributed by atoms with E-state index in [9.17, 15) is 9.18 Å². The lowest BCUT2D eigenvalue weighted by Crippen LogP contribution is -2.27. The van der Waals surface area contributed by atoms with Gasteiger partial charge in [0.05, 0.1) is 36.2 Å². The third-order valence-electron chi connectivity index (χ3n) is 5.11. The molecule has 7 nitrogen and oxygen atoms in total. The van der Waals surface area contributed by atoms with Crippen LogP contribution in [0.25, 0.3) is 27.1 Å². The van der Waals surface area contributed by atoms with Crippen molar-refractivity contribution in [3.63, 3.8) is 0 Å². The van der Waals surface area contributed by atoms with Crippen LogP contribution in [0.3, 0.4) is 0 Å². The van der Waals surface area contributed by atoms with Crippen molar-refractivity contribution in [2.45, 2.75) is 13.5 Å². The van der Waals surface area contributed by atoms with Crippen molar-refractivity contribution < 1.29 is 13.9 Å². The number of carbonyl (C=O) groups excluding carboxylic acids is 1. The van der Waals surface area contributed by atoms with E-state index < -0.39 is 5.82 Å². The Morgan fingerprint density at radius 2 is 1.97 bits per heavy atom. The van der Waals surface area contributed by atoms with Gasteiger partial charge in [0.15, 0.2) is 4.64 Å². The summed E-state index contributed by atoms with van der Waals surface area (Å²) in [4.78, 5) is 23.4. The van der Waals surface area contributed by atoms with E-state index in [1.165, 1.54) is 30.6 Å². The van der Waals surface area contributed by atoms with Crippen molar-refractivity contribution in [1.29, 1.82) is 0 Å². The maximum absolute atomic E-state index is 13.1. The average Bonchev–Trinajstić information content (AvgIpc) is 3.15. The largest absolute Gasteiger partial charge is 0.494 e. The van der Waals surface area contributed by atoms with E-state index in [-0.39, 0.29) is 12.5 Å². The Hall–Kier alpha value is -4.03. The number of fused-ring (bicyclic) bond motifs is 1. The highest BCUT2D eigenvalue weighted by Crippen LogP contribution is 2.39. The number of H-pyrrole nitrogens is 1. The Morgan fingerprint density at radius 3 is 2.64 bits per heavy atom. The molecule has 0 unspecified atom stereocenters. The van der Waals surface area contributed by atoms with Gasteiger partial charge in [0.25, 0.3) is 5.91 Å². The van der Waals surface area contributed by atoms with Gasteiger partial charge in [-0.15, -0.1) is 0 Å².